The van der Waals surface area contributed by atoms with Gasteiger partial charge in [0.15, 0.2) is 0 Å². The molecule has 3 N–H and O–H groups in total. The van der Waals surface area contributed by atoms with Gasteiger partial charge in [0, 0.05) is 11.6 Å². The molecule has 72 valence electrons. The number of aromatic nitrogens is 1. The van der Waals surface area contributed by atoms with Gasteiger partial charge in [-0.15, -0.1) is 0 Å². The first kappa shape index (κ1) is 9.12. The zero-order valence-corrected chi connectivity index (χ0v) is 7.72. The molecule has 2 aromatic rings. The lowest BCUT2D eigenvalue weighted by Gasteiger charge is -2.10. The Labute approximate surface area is 82.2 Å². The van der Waals surface area contributed by atoms with E-state index in [2.05, 4.69) is 4.98 Å². The Balaban J connectivity index is 2.65. The molecule has 0 spiro atoms. The number of hydrogen-bond acceptors (Lipinski definition) is 3. The Hall–Kier alpha value is -1.45. The smallest absolute Gasteiger partial charge is 0.0750 e. The van der Waals surface area contributed by atoms with Crippen LogP contribution in [0, 0.1) is 0 Å². The molecule has 3 heteroatoms. The van der Waals surface area contributed by atoms with E-state index < -0.39 is 0 Å². The molecule has 0 saturated heterocycles. The highest BCUT2D eigenvalue weighted by atomic mass is 16.3. The van der Waals surface area contributed by atoms with Gasteiger partial charge in [-0.2, -0.15) is 0 Å². The minimum atomic E-state index is -0.353. The number of pyridine rings is 1. The van der Waals surface area contributed by atoms with Gasteiger partial charge in [-0.25, -0.2) is 0 Å². The lowest BCUT2D eigenvalue weighted by molar-refractivity contribution is 0.268. The Kier molecular flexibility index (Phi) is 2.43. The fourth-order valence-electron chi connectivity index (χ4n) is 1.53. The Morgan fingerprint density at radius 2 is 2.07 bits per heavy atom. The number of nitrogens with zero attached hydrogens (tertiary/aromatic N) is 1. The molecule has 1 aromatic carbocycles. The summed E-state index contributed by atoms with van der Waals surface area (Å²) in [5.74, 6) is 0. The van der Waals surface area contributed by atoms with Crippen LogP contribution in [-0.2, 0) is 0 Å². The van der Waals surface area contributed by atoms with Gasteiger partial charge in [-0.3, -0.25) is 4.98 Å². The monoisotopic (exact) mass is 188 g/mol. The van der Waals surface area contributed by atoms with Crippen LogP contribution in [0.5, 0.6) is 0 Å². The van der Waals surface area contributed by atoms with Crippen molar-refractivity contribution in [2.75, 3.05) is 6.61 Å². The minimum absolute atomic E-state index is 0.0598. The highest BCUT2D eigenvalue weighted by molar-refractivity contribution is 5.81. The molecule has 2 rings (SSSR count). The van der Waals surface area contributed by atoms with Crippen molar-refractivity contribution in [1.82, 2.24) is 4.98 Å². The molecular weight excluding hydrogens is 176 g/mol. The van der Waals surface area contributed by atoms with E-state index in [1.54, 1.807) is 6.20 Å². The van der Waals surface area contributed by atoms with E-state index in [9.17, 15) is 0 Å². The summed E-state index contributed by atoms with van der Waals surface area (Å²) in [6.07, 6.45) is 1.73. The molecule has 0 aliphatic carbocycles. The third kappa shape index (κ3) is 1.47. The summed E-state index contributed by atoms with van der Waals surface area (Å²) in [6, 6.07) is 9.32. The molecule has 1 aromatic heterocycles. The second kappa shape index (κ2) is 3.74. The van der Waals surface area contributed by atoms with E-state index in [-0.39, 0.29) is 12.6 Å². The van der Waals surface area contributed by atoms with Crippen molar-refractivity contribution in [3.63, 3.8) is 0 Å². The van der Waals surface area contributed by atoms with Gasteiger partial charge < -0.3 is 10.8 Å². The standard InChI is InChI=1S/C11H12N2O/c12-10(7-14)9-5-1-3-8-4-2-6-13-11(8)9/h1-6,10,14H,7,12H2/t10-/m0/s1. The summed E-state index contributed by atoms with van der Waals surface area (Å²) >= 11 is 0. The number of aliphatic hydroxyl groups is 1. The largest absolute Gasteiger partial charge is 0.394 e. The lowest BCUT2D eigenvalue weighted by atomic mass is 10.0. The summed E-state index contributed by atoms with van der Waals surface area (Å²) in [5.41, 5.74) is 7.54. The number of para-hydroxylation sites is 1. The maximum Gasteiger partial charge on any atom is 0.0750 e. The van der Waals surface area contributed by atoms with Gasteiger partial charge in [0.25, 0.3) is 0 Å². The average molecular weight is 188 g/mol. The fraction of sp³-hybridized carbons (Fsp3) is 0.182. The molecule has 14 heavy (non-hydrogen) atoms. The van der Waals surface area contributed by atoms with E-state index in [0.717, 1.165) is 16.5 Å². The van der Waals surface area contributed by atoms with Crippen molar-refractivity contribution < 1.29 is 5.11 Å². The van der Waals surface area contributed by atoms with E-state index in [1.165, 1.54) is 0 Å². The van der Waals surface area contributed by atoms with Crippen molar-refractivity contribution in [2.24, 2.45) is 5.73 Å². The number of aliphatic hydroxyl groups excluding tert-OH is 1. The summed E-state index contributed by atoms with van der Waals surface area (Å²) in [5, 5.41) is 10.0. The van der Waals surface area contributed by atoms with E-state index in [1.807, 2.05) is 30.3 Å². The first-order valence-electron chi connectivity index (χ1n) is 4.53. The summed E-state index contributed by atoms with van der Waals surface area (Å²) in [6.45, 7) is -0.0598. The SMILES string of the molecule is N[C@@H](CO)c1cccc2cccnc12. The Morgan fingerprint density at radius 3 is 2.86 bits per heavy atom. The number of hydrogen-bond donors (Lipinski definition) is 2. The number of benzene rings is 1. The van der Waals surface area contributed by atoms with Gasteiger partial charge in [-0.05, 0) is 11.6 Å². The number of rotatable bonds is 2. The predicted molar refractivity (Wildman–Crippen MR) is 55.8 cm³/mol. The van der Waals surface area contributed by atoms with Crippen LogP contribution in [-0.4, -0.2) is 16.7 Å². The van der Waals surface area contributed by atoms with Crippen molar-refractivity contribution in [2.45, 2.75) is 6.04 Å². The topological polar surface area (TPSA) is 59.1 Å². The maximum atomic E-state index is 8.99. The van der Waals surface area contributed by atoms with Gasteiger partial charge in [-0.1, -0.05) is 24.3 Å². The zero-order chi connectivity index (χ0) is 9.97. The molecule has 1 heterocycles. The average Bonchev–Trinajstić information content (AvgIpc) is 2.27. The molecule has 0 radical (unpaired) electrons. The molecule has 0 fully saturated rings. The predicted octanol–water partition coefficient (Wildman–Crippen LogP) is 1.23. The zero-order valence-electron chi connectivity index (χ0n) is 7.72. The third-order valence-corrected chi connectivity index (χ3v) is 2.26. The number of nitrogens with two attached hydrogens (primary N) is 1. The van der Waals surface area contributed by atoms with Crippen LogP contribution in [0.15, 0.2) is 36.5 Å². The highest BCUT2D eigenvalue weighted by Gasteiger charge is 2.08. The van der Waals surface area contributed by atoms with Crippen LogP contribution in [0.2, 0.25) is 0 Å². The lowest BCUT2D eigenvalue weighted by Crippen LogP contribution is -2.15. The van der Waals surface area contributed by atoms with Crippen molar-refractivity contribution in [3.05, 3.63) is 42.1 Å². The number of fused-ring (bicyclic) bond motifs is 1. The molecule has 0 unspecified atom stereocenters. The normalized spacial score (nSPS) is 13.0. The summed E-state index contributed by atoms with van der Waals surface area (Å²) < 4.78 is 0. The van der Waals surface area contributed by atoms with Crippen LogP contribution in [0.1, 0.15) is 11.6 Å². The first-order chi connectivity index (χ1) is 6.83. The van der Waals surface area contributed by atoms with E-state index in [0.29, 0.717) is 0 Å². The highest BCUT2D eigenvalue weighted by Crippen LogP contribution is 2.20. The second-order valence-corrected chi connectivity index (χ2v) is 3.21. The second-order valence-electron chi connectivity index (χ2n) is 3.21. The van der Waals surface area contributed by atoms with Crippen molar-refractivity contribution in [3.8, 4) is 0 Å². The molecule has 0 saturated carbocycles. The summed E-state index contributed by atoms with van der Waals surface area (Å²) in [4.78, 5) is 4.26. The van der Waals surface area contributed by atoms with Crippen molar-refractivity contribution in [1.29, 1.82) is 0 Å². The van der Waals surface area contributed by atoms with Gasteiger partial charge in [0.05, 0.1) is 18.2 Å². The molecule has 0 amide bonds. The fourth-order valence-corrected chi connectivity index (χ4v) is 1.53. The maximum absolute atomic E-state index is 8.99. The Morgan fingerprint density at radius 1 is 1.29 bits per heavy atom. The van der Waals surface area contributed by atoms with Crippen LogP contribution >= 0.6 is 0 Å². The van der Waals surface area contributed by atoms with Gasteiger partial charge in [0.2, 0.25) is 0 Å². The van der Waals surface area contributed by atoms with Crippen LogP contribution in [0.4, 0.5) is 0 Å². The van der Waals surface area contributed by atoms with Crippen LogP contribution < -0.4 is 5.73 Å². The molecule has 0 aliphatic heterocycles. The van der Waals surface area contributed by atoms with Crippen molar-refractivity contribution >= 4 is 10.9 Å². The van der Waals surface area contributed by atoms with E-state index >= 15 is 0 Å². The first-order valence-corrected chi connectivity index (χ1v) is 4.53. The molecule has 1 atom stereocenters. The molecular formula is C11H12N2O. The minimum Gasteiger partial charge on any atom is -0.394 e. The van der Waals surface area contributed by atoms with Crippen LogP contribution in [0.3, 0.4) is 0 Å². The quantitative estimate of drug-likeness (QED) is 0.745. The van der Waals surface area contributed by atoms with Gasteiger partial charge >= 0.3 is 0 Å². The summed E-state index contributed by atoms with van der Waals surface area (Å²) in [7, 11) is 0. The Bertz CT molecular complexity index is 437. The molecule has 0 aliphatic rings. The van der Waals surface area contributed by atoms with Gasteiger partial charge in [0.1, 0.15) is 0 Å². The van der Waals surface area contributed by atoms with E-state index in [4.69, 9.17) is 10.8 Å². The molecule has 0 bridgehead atoms. The molecule has 3 nitrogen and oxygen atoms in total. The van der Waals surface area contributed by atoms with Crippen LogP contribution in [0.25, 0.3) is 10.9 Å². The third-order valence-electron chi connectivity index (χ3n) is 2.26.